The Morgan fingerprint density at radius 1 is 1.17 bits per heavy atom. The minimum Gasteiger partial charge on any atom is -0.497 e. The van der Waals surface area contributed by atoms with Crippen LogP contribution in [0.4, 0.5) is 0 Å². The average molecular weight is 323 g/mol. The second-order valence-corrected chi connectivity index (χ2v) is 5.30. The van der Waals surface area contributed by atoms with E-state index in [1.165, 1.54) is 0 Å². The highest BCUT2D eigenvalue weighted by Gasteiger charge is 2.11. The van der Waals surface area contributed by atoms with Crippen molar-refractivity contribution in [2.45, 2.75) is 0 Å². The van der Waals surface area contributed by atoms with Gasteiger partial charge in [0.25, 0.3) is 0 Å². The lowest BCUT2D eigenvalue weighted by Crippen LogP contribution is -1.89. The van der Waals surface area contributed by atoms with Crippen LogP contribution in [0.5, 0.6) is 17.2 Å². The third-order valence-electron chi connectivity index (χ3n) is 3.68. The normalized spacial score (nSPS) is 11.1. The van der Waals surface area contributed by atoms with Gasteiger partial charge in [-0.05, 0) is 30.3 Å². The molecule has 1 aromatic heterocycles. The van der Waals surface area contributed by atoms with Crippen LogP contribution >= 0.6 is 0 Å². The summed E-state index contributed by atoms with van der Waals surface area (Å²) in [5.74, 6) is 1.03. The predicted octanol–water partition coefficient (Wildman–Crippen LogP) is 4.08. The first-order valence-electron chi connectivity index (χ1n) is 7.39. The van der Waals surface area contributed by atoms with Gasteiger partial charge in [-0.1, -0.05) is 12.1 Å². The molecule has 1 heterocycles. The fraction of sp³-hybridized carbons (Fsp3) is 0.105. The standard InChI is InChI=1S/C19H17NO4/c1-20-12-13(9-10-18(21)22)19-16(20)7-4-8-17(19)24-15-6-3-5-14(11-15)23-2/h3-12H,1-2H3,(H,21,22)/b10-9+. The molecule has 0 spiro atoms. The SMILES string of the molecule is COc1cccc(Oc2cccc3c2c(/C=C/C(=O)O)cn3C)c1. The molecule has 24 heavy (non-hydrogen) atoms. The fourth-order valence-corrected chi connectivity index (χ4v) is 2.61. The van der Waals surface area contributed by atoms with Gasteiger partial charge in [-0.3, -0.25) is 0 Å². The van der Waals surface area contributed by atoms with E-state index in [0.717, 1.165) is 22.5 Å². The van der Waals surface area contributed by atoms with Gasteiger partial charge in [-0.15, -0.1) is 0 Å². The van der Waals surface area contributed by atoms with Gasteiger partial charge >= 0.3 is 5.97 Å². The summed E-state index contributed by atoms with van der Waals surface area (Å²) >= 11 is 0. The quantitative estimate of drug-likeness (QED) is 0.719. The van der Waals surface area contributed by atoms with Gasteiger partial charge in [0.15, 0.2) is 0 Å². The lowest BCUT2D eigenvalue weighted by atomic mass is 10.1. The molecule has 0 aliphatic carbocycles. The number of ether oxygens (including phenoxy) is 2. The Morgan fingerprint density at radius 3 is 2.67 bits per heavy atom. The zero-order chi connectivity index (χ0) is 17.1. The number of methoxy groups -OCH3 is 1. The summed E-state index contributed by atoms with van der Waals surface area (Å²) in [4.78, 5) is 10.8. The molecule has 0 saturated heterocycles. The molecule has 3 aromatic rings. The van der Waals surface area contributed by atoms with E-state index in [0.29, 0.717) is 17.2 Å². The van der Waals surface area contributed by atoms with E-state index in [9.17, 15) is 4.79 Å². The number of benzene rings is 2. The molecule has 2 aromatic carbocycles. The molecule has 122 valence electrons. The molecule has 0 bridgehead atoms. The molecule has 0 unspecified atom stereocenters. The number of hydrogen-bond donors (Lipinski definition) is 1. The van der Waals surface area contributed by atoms with Crippen molar-refractivity contribution in [3.63, 3.8) is 0 Å². The van der Waals surface area contributed by atoms with Gasteiger partial charge in [0, 0.05) is 36.3 Å². The van der Waals surface area contributed by atoms with Crippen LogP contribution in [0.25, 0.3) is 17.0 Å². The van der Waals surface area contributed by atoms with Gasteiger partial charge in [0.2, 0.25) is 0 Å². The maximum absolute atomic E-state index is 10.8. The van der Waals surface area contributed by atoms with Gasteiger partial charge in [-0.25, -0.2) is 4.79 Å². The third kappa shape index (κ3) is 3.10. The highest BCUT2D eigenvalue weighted by Crippen LogP contribution is 2.34. The van der Waals surface area contributed by atoms with Crippen LogP contribution in [0.3, 0.4) is 0 Å². The van der Waals surface area contributed by atoms with E-state index in [4.69, 9.17) is 14.6 Å². The third-order valence-corrected chi connectivity index (χ3v) is 3.68. The van der Waals surface area contributed by atoms with Crippen LogP contribution in [0.2, 0.25) is 0 Å². The summed E-state index contributed by atoms with van der Waals surface area (Å²) in [5, 5.41) is 9.74. The van der Waals surface area contributed by atoms with Crippen molar-refractivity contribution in [2.75, 3.05) is 7.11 Å². The number of aryl methyl sites for hydroxylation is 1. The number of nitrogens with zero attached hydrogens (tertiary/aromatic N) is 1. The smallest absolute Gasteiger partial charge is 0.328 e. The Hall–Kier alpha value is -3.21. The van der Waals surface area contributed by atoms with Gasteiger partial charge in [0.1, 0.15) is 17.2 Å². The molecule has 0 aliphatic rings. The predicted molar refractivity (Wildman–Crippen MR) is 92.7 cm³/mol. The molecular weight excluding hydrogens is 306 g/mol. The number of carboxylic acids is 1. The van der Waals surface area contributed by atoms with Crippen LogP contribution in [0.1, 0.15) is 5.56 Å². The van der Waals surface area contributed by atoms with Crippen LogP contribution in [0, 0.1) is 0 Å². The van der Waals surface area contributed by atoms with Crippen molar-refractivity contribution in [2.24, 2.45) is 7.05 Å². The van der Waals surface area contributed by atoms with Crippen molar-refractivity contribution >= 4 is 22.9 Å². The second kappa shape index (κ2) is 6.50. The fourth-order valence-electron chi connectivity index (χ4n) is 2.61. The molecular formula is C19H17NO4. The monoisotopic (exact) mass is 323 g/mol. The van der Waals surface area contributed by atoms with Gasteiger partial charge in [-0.2, -0.15) is 0 Å². The number of carboxylic acid groups (broad SMARTS) is 1. The van der Waals surface area contributed by atoms with Gasteiger partial charge in [0.05, 0.1) is 12.6 Å². The van der Waals surface area contributed by atoms with E-state index in [1.54, 1.807) is 19.3 Å². The maximum atomic E-state index is 10.8. The number of aliphatic carboxylic acids is 1. The van der Waals surface area contributed by atoms with E-state index in [1.807, 2.05) is 54.2 Å². The average Bonchev–Trinajstić information content (AvgIpc) is 2.90. The molecule has 5 heteroatoms. The Bertz CT molecular complexity index is 924. The molecule has 0 fully saturated rings. The van der Waals surface area contributed by atoms with Crippen LogP contribution in [0.15, 0.2) is 54.7 Å². The Morgan fingerprint density at radius 2 is 1.92 bits per heavy atom. The minimum atomic E-state index is -0.988. The zero-order valence-electron chi connectivity index (χ0n) is 13.4. The molecule has 0 saturated carbocycles. The largest absolute Gasteiger partial charge is 0.497 e. The number of rotatable bonds is 5. The van der Waals surface area contributed by atoms with E-state index in [2.05, 4.69) is 0 Å². The lowest BCUT2D eigenvalue weighted by molar-refractivity contribution is -0.131. The second-order valence-electron chi connectivity index (χ2n) is 5.30. The highest BCUT2D eigenvalue weighted by molar-refractivity contribution is 5.97. The van der Waals surface area contributed by atoms with E-state index < -0.39 is 5.97 Å². The van der Waals surface area contributed by atoms with E-state index in [-0.39, 0.29) is 0 Å². The maximum Gasteiger partial charge on any atom is 0.328 e. The summed E-state index contributed by atoms with van der Waals surface area (Å²) in [5.41, 5.74) is 1.74. The van der Waals surface area contributed by atoms with Crippen LogP contribution in [-0.4, -0.2) is 22.8 Å². The number of aromatic nitrogens is 1. The van der Waals surface area contributed by atoms with Crippen molar-refractivity contribution in [3.05, 3.63) is 60.3 Å². The summed E-state index contributed by atoms with van der Waals surface area (Å²) in [6.45, 7) is 0. The van der Waals surface area contributed by atoms with Crippen molar-refractivity contribution < 1.29 is 19.4 Å². The van der Waals surface area contributed by atoms with Crippen molar-refractivity contribution in [1.82, 2.24) is 4.57 Å². The summed E-state index contributed by atoms with van der Waals surface area (Å²) in [7, 11) is 3.52. The Kier molecular flexibility index (Phi) is 4.24. The van der Waals surface area contributed by atoms with Crippen molar-refractivity contribution in [3.8, 4) is 17.2 Å². The Balaban J connectivity index is 2.08. The van der Waals surface area contributed by atoms with Crippen LogP contribution in [-0.2, 0) is 11.8 Å². The molecule has 0 amide bonds. The minimum absolute atomic E-state index is 0.652. The highest BCUT2D eigenvalue weighted by atomic mass is 16.5. The Labute approximate surface area is 139 Å². The lowest BCUT2D eigenvalue weighted by Gasteiger charge is -2.09. The summed E-state index contributed by atoms with van der Waals surface area (Å²) in [6.07, 6.45) is 4.57. The first-order valence-corrected chi connectivity index (χ1v) is 7.39. The molecule has 3 rings (SSSR count). The van der Waals surface area contributed by atoms with E-state index >= 15 is 0 Å². The first kappa shape index (κ1) is 15.7. The van der Waals surface area contributed by atoms with Crippen LogP contribution < -0.4 is 9.47 Å². The number of carbonyl (C=O) groups is 1. The van der Waals surface area contributed by atoms with Gasteiger partial charge < -0.3 is 19.1 Å². The molecule has 1 N–H and O–H groups in total. The topological polar surface area (TPSA) is 60.7 Å². The first-order chi connectivity index (χ1) is 11.6. The molecule has 0 radical (unpaired) electrons. The van der Waals surface area contributed by atoms with Crippen molar-refractivity contribution in [1.29, 1.82) is 0 Å². The zero-order valence-corrected chi connectivity index (χ0v) is 13.4. The molecule has 0 atom stereocenters. The number of fused-ring (bicyclic) bond motifs is 1. The summed E-state index contributed by atoms with van der Waals surface area (Å²) in [6, 6.07) is 13.1. The number of hydrogen-bond acceptors (Lipinski definition) is 3. The molecule has 0 aliphatic heterocycles. The molecule has 5 nitrogen and oxygen atoms in total. The summed E-state index contributed by atoms with van der Waals surface area (Å²) < 4.78 is 13.2.